The molecule has 66 heavy (non-hydrogen) atoms. The van der Waals surface area contributed by atoms with E-state index in [9.17, 15) is 68.4 Å². The largest absolute Gasteiger partial charge is 0.544 e. The summed E-state index contributed by atoms with van der Waals surface area (Å²) in [6, 6.07) is 0. The number of likely N-dealkylation sites (N-methyl/N-ethyl adjacent to an activating group) is 3. The third kappa shape index (κ3) is 44.5. The first kappa shape index (κ1) is 66.5. The van der Waals surface area contributed by atoms with Gasteiger partial charge in [-0.3, -0.25) is 19.2 Å². The van der Waals surface area contributed by atoms with Gasteiger partial charge in [0.25, 0.3) is 0 Å². The molecule has 26 heteroatoms. The van der Waals surface area contributed by atoms with Crippen molar-refractivity contribution in [3.8, 4) is 0 Å². The van der Waals surface area contributed by atoms with Gasteiger partial charge < -0.3 is 98.2 Å². The predicted octanol–water partition coefficient (Wildman–Crippen LogP) is -10.4. The molecule has 0 aliphatic heterocycles. The molecule has 0 radical (unpaired) electrons. The van der Waals surface area contributed by atoms with Crippen LogP contribution in [0.15, 0.2) is 25.3 Å². The zero-order valence-electron chi connectivity index (χ0n) is 37.6. The highest BCUT2D eigenvalue weighted by molar-refractivity contribution is 5.81. The van der Waals surface area contributed by atoms with Gasteiger partial charge in [0.2, 0.25) is 0 Å². The summed E-state index contributed by atoms with van der Waals surface area (Å²) in [5.41, 5.74) is 0. The maximum absolute atomic E-state index is 12.1. The summed E-state index contributed by atoms with van der Waals surface area (Å²) in [6.07, 6.45) is 2.16. The fraction of sp³-hybridized carbons (Fsp3) is 0.650. The van der Waals surface area contributed by atoms with Crippen molar-refractivity contribution < 1.29 is 116 Å². The highest BCUT2D eigenvalue weighted by atomic mass is 16.5. The first-order valence-corrected chi connectivity index (χ1v) is 20.2. The molecule has 0 aromatic carbocycles. The number of rotatable bonds is 36. The van der Waals surface area contributed by atoms with Crippen LogP contribution in [0.3, 0.4) is 0 Å². The Kier molecular flexibility index (Phi) is 39.6. The topological polar surface area (TPSA) is 373 Å². The van der Waals surface area contributed by atoms with Crippen LogP contribution in [0.5, 0.6) is 0 Å². The van der Waals surface area contributed by atoms with Crippen LogP contribution in [-0.4, -0.2) is 225 Å². The second-order valence-electron chi connectivity index (χ2n) is 14.7. The van der Waals surface area contributed by atoms with E-state index < -0.39 is 59.7 Å². The Labute approximate surface area is 384 Å². The van der Waals surface area contributed by atoms with E-state index in [0.717, 1.165) is 12.2 Å². The van der Waals surface area contributed by atoms with Gasteiger partial charge in [-0.1, -0.05) is 27.5 Å². The minimum absolute atomic E-state index is 0. The normalized spacial score (nSPS) is 12.2. The molecule has 380 valence electrons. The van der Waals surface area contributed by atoms with Crippen LogP contribution in [0.4, 0.5) is 0 Å². The average molecular weight is 955 g/mol. The lowest BCUT2D eigenvalue weighted by molar-refractivity contribution is -0.943. The first-order valence-electron chi connectivity index (χ1n) is 20.2. The Balaban J connectivity index is -0.000000492. The summed E-state index contributed by atoms with van der Waals surface area (Å²) in [5, 5.41) is 64.9. The van der Waals surface area contributed by atoms with Crippen molar-refractivity contribution >= 4 is 59.7 Å². The van der Waals surface area contributed by atoms with E-state index in [2.05, 4.69) is 23.8 Å². The van der Waals surface area contributed by atoms with Crippen LogP contribution in [-0.2, 0) is 66.9 Å². The predicted molar refractivity (Wildman–Crippen MR) is 221 cm³/mol. The molecule has 3 unspecified atom stereocenters. The van der Waals surface area contributed by atoms with E-state index in [0.29, 0.717) is 36.0 Å². The molecule has 0 amide bonds. The van der Waals surface area contributed by atoms with Crippen LogP contribution >= 0.6 is 0 Å². The van der Waals surface area contributed by atoms with E-state index in [4.69, 9.17) is 29.2 Å². The zero-order valence-corrected chi connectivity index (χ0v) is 37.6. The van der Waals surface area contributed by atoms with Gasteiger partial charge in [-0.15, -0.1) is 0 Å². The first-order chi connectivity index (χ1) is 30.3. The Bertz CT molecular complexity index is 1500. The molecule has 0 saturated carbocycles. The van der Waals surface area contributed by atoms with Crippen LogP contribution in [0.2, 0.25) is 0 Å². The van der Waals surface area contributed by atoms with Gasteiger partial charge in [0, 0.05) is 31.7 Å². The molecular weight excluding hydrogens is 884 g/mol. The number of quaternary nitrogens is 4. The van der Waals surface area contributed by atoms with E-state index >= 15 is 0 Å². The van der Waals surface area contributed by atoms with Gasteiger partial charge in [0.05, 0.1) is 71.1 Å². The number of nitrogens with zero attached hydrogens (tertiary/aromatic N) is 2. The number of carboxylic acids is 6. The molecule has 0 heterocycles. The minimum Gasteiger partial charge on any atom is -0.544 e. The number of hydrogen-bond acceptors (Lipinski definition) is 20. The molecule has 0 rings (SSSR count). The molecule has 0 aliphatic carbocycles. The number of carbonyl (C=O) groups excluding carboxylic acids is 8. The number of esters is 4. The van der Waals surface area contributed by atoms with Crippen molar-refractivity contribution in [3.05, 3.63) is 25.3 Å². The maximum Gasteiger partial charge on any atom is 0.330 e. The van der Waals surface area contributed by atoms with Crippen LogP contribution in [0.1, 0.15) is 27.2 Å². The summed E-state index contributed by atoms with van der Waals surface area (Å²) in [4.78, 5) is 110. The Morgan fingerprint density at radius 2 is 0.970 bits per heavy atom. The van der Waals surface area contributed by atoms with Gasteiger partial charge >= 0.3 is 35.8 Å². The average Bonchev–Trinajstić information content (AvgIpc) is 3.19. The Morgan fingerprint density at radius 3 is 1.30 bits per heavy atom. The smallest absolute Gasteiger partial charge is 0.330 e. The molecule has 26 nitrogen and oxygen atoms in total. The van der Waals surface area contributed by atoms with Crippen molar-refractivity contribution in [1.29, 1.82) is 0 Å². The molecule has 0 fully saturated rings. The molecule has 0 aliphatic rings. The molecule has 0 aromatic rings. The van der Waals surface area contributed by atoms with Gasteiger partial charge in [-0.05, 0) is 0 Å². The van der Waals surface area contributed by atoms with Gasteiger partial charge in [0.1, 0.15) is 91.9 Å². The Morgan fingerprint density at radius 1 is 0.591 bits per heavy atom. The summed E-state index contributed by atoms with van der Waals surface area (Å²) in [7, 11) is 4.88. The molecule has 0 bridgehead atoms. The quantitative estimate of drug-likeness (QED) is 0.0112. The van der Waals surface area contributed by atoms with Crippen molar-refractivity contribution in [2.75, 3.05) is 146 Å². The van der Waals surface area contributed by atoms with Crippen molar-refractivity contribution in [3.63, 3.8) is 0 Å². The van der Waals surface area contributed by atoms with Gasteiger partial charge in [0.15, 0.2) is 0 Å². The molecule has 0 saturated heterocycles. The molecule has 3 atom stereocenters. The maximum atomic E-state index is 12.1. The lowest BCUT2D eigenvalue weighted by Crippen LogP contribution is -3.20. The summed E-state index contributed by atoms with van der Waals surface area (Å²) >= 11 is 0. The highest BCUT2D eigenvalue weighted by Crippen LogP contribution is 2.04. The minimum atomic E-state index is -1.30. The van der Waals surface area contributed by atoms with Gasteiger partial charge in [-0.25, -0.2) is 9.59 Å². The summed E-state index contributed by atoms with van der Waals surface area (Å²) in [5.74, 6) is -9.04. The van der Waals surface area contributed by atoms with Gasteiger partial charge in [-0.2, -0.15) is 0 Å². The Hall–Kier alpha value is -6.06. The third-order valence-electron chi connectivity index (χ3n) is 8.64. The van der Waals surface area contributed by atoms with Crippen LogP contribution in [0.25, 0.3) is 0 Å². The number of carboxylic acid groups (broad SMARTS) is 6. The number of nitrogens with one attached hydrogen (secondary N) is 4. The third-order valence-corrected chi connectivity index (χ3v) is 8.64. The lowest BCUT2D eigenvalue weighted by atomic mass is 10.3. The highest BCUT2D eigenvalue weighted by Gasteiger charge is 2.25. The van der Waals surface area contributed by atoms with Crippen molar-refractivity contribution in [2.45, 2.75) is 27.2 Å². The number of aliphatic carboxylic acids is 6. The molecule has 0 aromatic heterocycles. The summed E-state index contributed by atoms with van der Waals surface area (Å²) in [6.45, 7) is 9.26. The van der Waals surface area contributed by atoms with Crippen LogP contribution in [0, 0.1) is 0 Å². The van der Waals surface area contributed by atoms with Crippen molar-refractivity contribution in [2.24, 2.45) is 0 Å². The van der Waals surface area contributed by atoms with E-state index in [-0.39, 0.29) is 128 Å². The number of hydrogen-bond donors (Lipinski definition) is 6. The second-order valence-corrected chi connectivity index (χ2v) is 14.7. The standard InChI is InChI=1S/C20H35N3O10.C13H19NO6.C6H12N2O4.CH4/c1-4-19(30)32-11-9-23(3,15-18(28)29)10-12-33-20(31)5-6-22(14-17(26)27)8-7-21(2)13-16(24)25;1-4-12(17)19-8-6-14(3,10-11(15)16)7-9-20-13(18)5-2;9-5(10)3-7-1-2-8-4-6(11)12;/h4-15H2,1-3H3,(H2-,24,25,26,27,28,29);4-5H,1-2,6-10H2,3H3;7-8H,1-4H2,(H,9,10)(H,11,12);1H4. The fourth-order valence-corrected chi connectivity index (χ4v) is 5.03. The summed E-state index contributed by atoms with van der Waals surface area (Å²) < 4.78 is 19.7. The fourth-order valence-electron chi connectivity index (χ4n) is 5.03. The van der Waals surface area contributed by atoms with Crippen LogP contribution < -0.4 is 40.9 Å². The lowest BCUT2D eigenvalue weighted by Gasteiger charge is -2.34. The van der Waals surface area contributed by atoms with E-state index in [1.807, 2.05) is 0 Å². The van der Waals surface area contributed by atoms with Crippen molar-refractivity contribution in [1.82, 2.24) is 10.6 Å². The number of ether oxygens (including phenoxy) is 4. The van der Waals surface area contributed by atoms with E-state index in [1.165, 1.54) is 0 Å². The van der Waals surface area contributed by atoms with E-state index in [1.54, 1.807) is 28.1 Å². The SMILES string of the molecule is C.C=CC(=O)OCC[N+](C)(CCOC(=O)C=C)CC(=O)[O-].CCC(=O)OCC[N+](C)(CCOC(=O)CC[NH+](CC[NH+](C)CC(=O)[O-])CC(=O)[O-])CC(=O)[O-].O=C(O)CNCCNCC(=O)O. The molecule has 0 spiro atoms. The molecular formula is C40H70N6O20. The number of carbonyl (C=O) groups is 10. The molecule has 6 N–H and O–H groups in total. The monoisotopic (exact) mass is 954 g/mol. The second kappa shape index (κ2) is 39.3. The zero-order chi connectivity index (χ0) is 50.4.